The average molecular weight is 661 g/mol. The number of amides is 1. The van der Waals surface area contributed by atoms with Crippen molar-refractivity contribution in [3.63, 3.8) is 0 Å². The highest BCUT2D eigenvalue weighted by Gasteiger charge is 2.40. The van der Waals surface area contributed by atoms with Gasteiger partial charge in [-0.15, -0.1) is 0 Å². The summed E-state index contributed by atoms with van der Waals surface area (Å²) in [5, 5.41) is 4.46. The van der Waals surface area contributed by atoms with Crippen molar-refractivity contribution < 1.29 is 44.3 Å². The molecule has 8 nitrogen and oxygen atoms in total. The van der Waals surface area contributed by atoms with Gasteiger partial charge in [0.25, 0.3) is 12.3 Å². The Morgan fingerprint density at radius 2 is 1.73 bits per heavy atom. The molecule has 1 aliphatic heterocycles. The van der Waals surface area contributed by atoms with E-state index in [1.165, 1.54) is 0 Å². The molecule has 0 radical (unpaired) electrons. The fourth-order valence-corrected chi connectivity index (χ4v) is 5.63. The van der Waals surface area contributed by atoms with Gasteiger partial charge >= 0.3 is 18.4 Å². The number of halogens is 10. The summed E-state index contributed by atoms with van der Waals surface area (Å²) in [7, 11) is 0. The number of carbonyl (C=O) groups is 1. The van der Waals surface area contributed by atoms with Gasteiger partial charge in [-0.1, -0.05) is 11.6 Å². The first-order chi connectivity index (χ1) is 21.2. The Morgan fingerprint density at radius 1 is 1.00 bits per heavy atom. The molecule has 45 heavy (non-hydrogen) atoms. The summed E-state index contributed by atoms with van der Waals surface area (Å²) in [6.07, 6.45) is -7.56. The number of imidazole rings is 1. The van der Waals surface area contributed by atoms with Crippen LogP contribution in [-0.2, 0) is 12.7 Å². The number of nitrogens with one attached hydrogen (secondary N) is 2. The third kappa shape index (κ3) is 5.00. The van der Waals surface area contributed by atoms with E-state index >= 15 is 0 Å². The molecule has 0 spiro atoms. The minimum absolute atomic E-state index is 0.0953. The fourth-order valence-electron chi connectivity index (χ4n) is 5.40. The Hall–Kier alpha value is -4.80. The highest BCUT2D eigenvalue weighted by atomic mass is 35.5. The molecule has 2 N–H and O–H groups in total. The fraction of sp³-hybridized carbons (Fsp3) is 0.185. The summed E-state index contributed by atoms with van der Waals surface area (Å²) in [6.45, 7) is -4.98. The minimum atomic E-state index is -5.05. The van der Waals surface area contributed by atoms with Crippen molar-refractivity contribution >= 4 is 50.9 Å². The summed E-state index contributed by atoms with van der Waals surface area (Å²) in [5.41, 5.74) is -6.42. The third-order valence-electron chi connectivity index (χ3n) is 7.13. The number of carbonyl (C=O) groups excluding carboxylic acids is 1. The van der Waals surface area contributed by atoms with Crippen molar-refractivity contribution in [2.75, 3.05) is 5.32 Å². The first-order valence-electron chi connectivity index (χ1n) is 12.6. The molecule has 3 aromatic carbocycles. The zero-order valence-electron chi connectivity index (χ0n) is 21.9. The molecule has 0 saturated heterocycles. The lowest BCUT2D eigenvalue weighted by atomic mass is 9.95. The number of aromatic nitrogens is 4. The minimum Gasteiger partial charge on any atom is -0.341 e. The number of benzene rings is 3. The SMILES string of the molecule is O=C1NC(c2cc(F)ccc2Cl)c2c(Nc3ncnc4c(C(F)(F)F)cc(F)cc34)cc3c(c21)n(C(F)F)c(=O)n3CC(F)F. The Kier molecular flexibility index (Phi) is 7.17. The Balaban J connectivity index is 1.70. The molecule has 5 aromatic rings. The van der Waals surface area contributed by atoms with Gasteiger partial charge in [0.1, 0.15) is 23.8 Å². The molecule has 1 aliphatic rings. The van der Waals surface area contributed by atoms with Crippen molar-refractivity contribution in [2.24, 2.45) is 0 Å². The monoisotopic (exact) mass is 660 g/mol. The van der Waals surface area contributed by atoms with Crippen molar-refractivity contribution in [1.82, 2.24) is 24.4 Å². The van der Waals surface area contributed by atoms with Gasteiger partial charge in [0.05, 0.1) is 40.3 Å². The van der Waals surface area contributed by atoms with Crippen LogP contribution in [0.3, 0.4) is 0 Å². The third-order valence-corrected chi connectivity index (χ3v) is 7.47. The van der Waals surface area contributed by atoms with Gasteiger partial charge < -0.3 is 10.6 Å². The highest BCUT2D eigenvalue weighted by molar-refractivity contribution is 6.31. The normalized spacial score (nSPS) is 15.0. The Labute approximate surface area is 249 Å². The van der Waals surface area contributed by atoms with Gasteiger partial charge in [0.2, 0.25) is 0 Å². The molecule has 0 fully saturated rings. The van der Waals surface area contributed by atoms with Crippen LogP contribution in [-0.4, -0.2) is 31.4 Å². The topological polar surface area (TPSA) is 93.8 Å². The second kappa shape index (κ2) is 10.7. The second-order valence-electron chi connectivity index (χ2n) is 9.78. The van der Waals surface area contributed by atoms with E-state index in [0.717, 1.165) is 24.3 Å². The van der Waals surface area contributed by atoms with Crippen LogP contribution in [0.1, 0.15) is 39.6 Å². The highest BCUT2D eigenvalue weighted by Crippen LogP contribution is 2.45. The molecular weight excluding hydrogens is 647 g/mol. The molecule has 1 amide bonds. The van der Waals surface area contributed by atoms with Crippen molar-refractivity contribution in [3.05, 3.63) is 92.1 Å². The summed E-state index contributed by atoms with van der Waals surface area (Å²) in [6, 6.07) is 3.44. The Bertz CT molecular complexity index is 2090. The van der Waals surface area contributed by atoms with Crippen LogP contribution < -0.4 is 16.3 Å². The molecule has 234 valence electrons. The molecule has 1 unspecified atom stereocenters. The molecule has 0 aliphatic carbocycles. The number of nitrogens with zero attached hydrogens (tertiary/aromatic N) is 4. The predicted octanol–water partition coefficient (Wildman–Crippen LogP) is 6.93. The molecule has 1 atom stereocenters. The first-order valence-corrected chi connectivity index (χ1v) is 13.0. The number of rotatable bonds is 6. The van der Waals surface area contributed by atoms with Crippen LogP contribution >= 0.6 is 11.6 Å². The van der Waals surface area contributed by atoms with Crippen LogP contribution in [0.4, 0.5) is 51.0 Å². The molecule has 0 bridgehead atoms. The zero-order chi connectivity index (χ0) is 32.5. The van der Waals surface area contributed by atoms with Gasteiger partial charge in [-0.3, -0.25) is 9.36 Å². The summed E-state index contributed by atoms with van der Waals surface area (Å²) >= 11 is 6.28. The lowest BCUT2D eigenvalue weighted by Crippen LogP contribution is -2.27. The number of fused-ring (bicyclic) bond motifs is 4. The molecule has 2 aromatic heterocycles. The van der Waals surface area contributed by atoms with Gasteiger partial charge in [-0.25, -0.2) is 36.9 Å². The smallest absolute Gasteiger partial charge is 0.341 e. The van der Waals surface area contributed by atoms with E-state index in [9.17, 15) is 49.1 Å². The molecule has 0 saturated carbocycles. The van der Waals surface area contributed by atoms with Crippen LogP contribution in [0.2, 0.25) is 5.02 Å². The molecular formula is C27H14ClF9N6O2. The van der Waals surface area contributed by atoms with Gasteiger partial charge in [-0.05, 0) is 36.4 Å². The molecule has 3 heterocycles. The molecule has 18 heteroatoms. The summed E-state index contributed by atoms with van der Waals surface area (Å²) in [4.78, 5) is 33.8. The van der Waals surface area contributed by atoms with Crippen LogP contribution in [0, 0.1) is 11.6 Å². The number of alkyl halides is 7. The van der Waals surface area contributed by atoms with Crippen molar-refractivity contribution in [3.8, 4) is 0 Å². The number of anilines is 2. The lowest BCUT2D eigenvalue weighted by molar-refractivity contribution is -0.136. The lowest BCUT2D eigenvalue weighted by Gasteiger charge is -2.20. The van der Waals surface area contributed by atoms with Gasteiger partial charge in [-0.2, -0.15) is 22.0 Å². The average Bonchev–Trinajstić information content (AvgIpc) is 3.43. The van der Waals surface area contributed by atoms with Crippen molar-refractivity contribution in [1.29, 1.82) is 0 Å². The van der Waals surface area contributed by atoms with Crippen LogP contribution in [0.25, 0.3) is 21.9 Å². The quantitative estimate of drug-likeness (QED) is 0.193. The maximum absolute atomic E-state index is 14.4. The first kappa shape index (κ1) is 30.2. The number of hydrogen-bond donors (Lipinski definition) is 2. The van der Waals surface area contributed by atoms with Crippen LogP contribution in [0.5, 0.6) is 0 Å². The van der Waals surface area contributed by atoms with Gasteiger partial charge in [0, 0.05) is 27.2 Å². The maximum Gasteiger partial charge on any atom is 0.418 e. The largest absolute Gasteiger partial charge is 0.418 e. The van der Waals surface area contributed by atoms with E-state index in [2.05, 4.69) is 20.6 Å². The maximum atomic E-state index is 14.4. The summed E-state index contributed by atoms with van der Waals surface area (Å²) < 4.78 is 126. The van der Waals surface area contributed by atoms with E-state index in [4.69, 9.17) is 11.6 Å². The summed E-state index contributed by atoms with van der Waals surface area (Å²) in [5.74, 6) is -3.72. The Morgan fingerprint density at radius 3 is 2.40 bits per heavy atom. The van der Waals surface area contributed by atoms with E-state index in [0.29, 0.717) is 17.0 Å². The second-order valence-corrected chi connectivity index (χ2v) is 10.2. The van der Waals surface area contributed by atoms with Crippen molar-refractivity contribution in [2.45, 2.75) is 31.7 Å². The standard InChI is InChI=1S/C27H14ClF9N6O2/c28-14-2-1-9(29)3-11(14)21-18-15(40-23-12-4-10(30)5-13(27(35,36)37)20(12)38-8-39-23)6-16-22(19(18)24(44)41-21)43(25(33)34)26(45)42(16)7-17(31)32/h1-6,8,17,21,25H,7H2,(H,41,44)(H,38,39,40). The van der Waals surface area contributed by atoms with E-state index < -0.39 is 93.9 Å². The van der Waals surface area contributed by atoms with E-state index in [1.807, 2.05) is 0 Å². The van der Waals surface area contributed by atoms with Crippen LogP contribution in [0.15, 0.2) is 47.5 Å². The predicted molar refractivity (Wildman–Crippen MR) is 142 cm³/mol. The van der Waals surface area contributed by atoms with Gasteiger partial charge in [0.15, 0.2) is 0 Å². The van der Waals surface area contributed by atoms with E-state index in [1.54, 1.807) is 0 Å². The van der Waals surface area contributed by atoms with E-state index in [-0.39, 0.29) is 32.5 Å². The molecule has 6 rings (SSSR count). The number of hydrogen-bond acceptors (Lipinski definition) is 5. The zero-order valence-corrected chi connectivity index (χ0v) is 22.6.